The van der Waals surface area contributed by atoms with Crippen LogP contribution in [0.15, 0.2) is 24.3 Å². The first kappa shape index (κ1) is 17.8. The van der Waals surface area contributed by atoms with Crippen LogP contribution < -0.4 is 4.74 Å². The van der Waals surface area contributed by atoms with Gasteiger partial charge in [0.25, 0.3) is 0 Å². The molecule has 0 atom stereocenters. The van der Waals surface area contributed by atoms with E-state index in [1.807, 2.05) is 0 Å². The van der Waals surface area contributed by atoms with E-state index < -0.39 is 6.67 Å². The number of hydrogen-bond acceptors (Lipinski definition) is 3. The lowest BCUT2D eigenvalue weighted by Crippen LogP contribution is -2.30. The molecule has 0 spiro atoms. The number of carbonyl (C=O) groups is 1. The molecule has 0 radical (unpaired) electrons. The number of pyridine rings is 1. The van der Waals surface area contributed by atoms with E-state index in [1.165, 1.54) is 0 Å². The third-order valence-corrected chi connectivity index (χ3v) is 5.41. The number of aromatic nitrogens is 1. The Hall–Kier alpha value is -1.97. The maximum Gasteiger partial charge on any atom is 0.168 e. The topological polar surface area (TPSA) is 39.2 Å². The minimum absolute atomic E-state index is 0.142. The second-order valence-electron chi connectivity index (χ2n) is 8.05. The summed E-state index contributed by atoms with van der Waals surface area (Å²) in [6, 6.07) is 6.96. The van der Waals surface area contributed by atoms with E-state index in [4.69, 9.17) is 4.74 Å². The SMILES string of the molecule is CC(C)(C)[C@H]1CC[C@H](Oc2ccc3nc(C=O)ccc3c2CF)CC1. The summed E-state index contributed by atoms with van der Waals surface area (Å²) in [5.41, 5.74) is 1.84. The highest BCUT2D eigenvalue weighted by atomic mass is 19.1. The van der Waals surface area contributed by atoms with Crippen molar-refractivity contribution < 1.29 is 13.9 Å². The average molecular weight is 343 g/mol. The van der Waals surface area contributed by atoms with Crippen LogP contribution in [0.1, 0.15) is 62.5 Å². The van der Waals surface area contributed by atoms with Gasteiger partial charge in [-0.2, -0.15) is 0 Å². The first-order valence-electron chi connectivity index (χ1n) is 9.03. The third-order valence-electron chi connectivity index (χ3n) is 5.41. The predicted molar refractivity (Wildman–Crippen MR) is 97.8 cm³/mol. The molecule has 1 saturated carbocycles. The summed E-state index contributed by atoms with van der Waals surface area (Å²) in [5.74, 6) is 1.32. The van der Waals surface area contributed by atoms with Crippen molar-refractivity contribution in [3.05, 3.63) is 35.5 Å². The molecule has 1 heterocycles. The Kier molecular flexibility index (Phi) is 5.07. The number of hydrogen-bond donors (Lipinski definition) is 0. The summed E-state index contributed by atoms with van der Waals surface area (Å²) in [4.78, 5) is 15.1. The van der Waals surface area contributed by atoms with Gasteiger partial charge in [0.1, 0.15) is 18.1 Å². The highest BCUT2D eigenvalue weighted by molar-refractivity contribution is 5.87. The quantitative estimate of drug-likeness (QED) is 0.688. The van der Waals surface area contributed by atoms with Gasteiger partial charge in [-0.25, -0.2) is 9.37 Å². The standard InChI is InChI=1S/C21H26FNO2/c1-21(2,3)14-4-7-16(8-5-14)25-20-11-10-19-17(18(20)12-22)9-6-15(13-24)23-19/h6,9-11,13-14,16H,4-5,7-8,12H2,1-3H3/t14-,16-. The molecule has 0 amide bonds. The van der Waals surface area contributed by atoms with Crippen LogP contribution in [-0.4, -0.2) is 17.4 Å². The monoisotopic (exact) mass is 343 g/mol. The van der Waals surface area contributed by atoms with Gasteiger partial charge >= 0.3 is 0 Å². The van der Waals surface area contributed by atoms with Gasteiger partial charge in [-0.05, 0) is 55.2 Å². The molecule has 1 fully saturated rings. The summed E-state index contributed by atoms with van der Waals surface area (Å²) in [7, 11) is 0. The molecule has 4 heteroatoms. The molecule has 1 aliphatic carbocycles. The first-order chi connectivity index (χ1) is 11.9. The Morgan fingerprint density at radius 2 is 1.88 bits per heavy atom. The molecular formula is C21H26FNO2. The minimum atomic E-state index is -0.605. The number of rotatable bonds is 4. The average Bonchev–Trinajstić information content (AvgIpc) is 2.60. The van der Waals surface area contributed by atoms with Gasteiger partial charge in [-0.3, -0.25) is 4.79 Å². The summed E-state index contributed by atoms with van der Waals surface area (Å²) in [6.45, 7) is 6.28. The van der Waals surface area contributed by atoms with Crippen molar-refractivity contribution in [1.29, 1.82) is 0 Å². The van der Waals surface area contributed by atoms with Crippen molar-refractivity contribution in [3.8, 4) is 5.75 Å². The molecule has 134 valence electrons. The van der Waals surface area contributed by atoms with Gasteiger partial charge in [0.2, 0.25) is 0 Å². The van der Waals surface area contributed by atoms with Gasteiger partial charge in [0.05, 0.1) is 11.6 Å². The molecule has 3 nitrogen and oxygen atoms in total. The zero-order valence-electron chi connectivity index (χ0n) is 15.2. The van der Waals surface area contributed by atoms with E-state index in [-0.39, 0.29) is 6.10 Å². The summed E-state index contributed by atoms with van der Waals surface area (Å²) < 4.78 is 19.9. The number of carbonyl (C=O) groups excluding carboxylic acids is 1. The Labute approximate surface area is 148 Å². The van der Waals surface area contributed by atoms with Gasteiger partial charge in [-0.1, -0.05) is 26.8 Å². The van der Waals surface area contributed by atoms with Crippen LogP contribution in [0.5, 0.6) is 5.75 Å². The van der Waals surface area contributed by atoms with Crippen LogP contribution in [0.4, 0.5) is 4.39 Å². The lowest BCUT2D eigenvalue weighted by Gasteiger charge is -2.37. The zero-order chi connectivity index (χ0) is 18.0. The molecule has 3 rings (SSSR count). The zero-order valence-corrected chi connectivity index (χ0v) is 15.2. The molecule has 1 aromatic heterocycles. The molecule has 0 aliphatic heterocycles. The predicted octanol–water partition coefficient (Wildman–Crippen LogP) is 5.50. The van der Waals surface area contributed by atoms with Crippen LogP contribution in [0.3, 0.4) is 0 Å². The fourth-order valence-electron chi connectivity index (χ4n) is 3.80. The fraction of sp³-hybridized carbons (Fsp3) is 0.524. The number of benzene rings is 1. The second-order valence-corrected chi connectivity index (χ2v) is 8.05. The maximum absolute atomic E-state index is 13.7. The van der Waals surface area contributed by atoms with Crippen molar-refractivity contribution >= 4 is 17.2 Å². The van der Waals surface area contributed by atoms with Crippen LogP contribution >= 0.6 is 0 Å². The smallest absolute Gasteiger partial charge is 0.168 e. The summed E-state index contributed by atoms with van der Waals surface area (Å²) in [6.07, 6.45) is 5.16. The minimum Gasteiger partial charge on any atom is -0.490 e. The molecule has 0 unspecified atom stereocenters. The van der Waals surface area contributed by atoms with Crippen molar-refractivity contribution in [3.63, 3.8) is 0 Å². The molecule has 0 bridgehead atoms. The van der Waals surface area contributed by atoms with Crippen LogP contribution in [0.2, 0.25) is 0 Å². The molecule has 1 aliphatic rings. The fourth-order valence-corrected chi connectivity index (χ4v) is 3.80. The van der Waals surface area contributed by atoms with E-state index in [0.717, 1.165) is 31.6 Å². The third kappa shape index (κ3) is 3.83. The van der Waals surface area contributed by atoms with Gasteiger partial charge in [0, 0.05) is 10.9 Å². The van der Waals surface area contributed by atoms with Crippen LogP contribution in [0, 0.1) is 11.3 Å². The van der Waals surface area contributed by atoms with Crippen molar-refractivity contribution in [2.75, 3.05) is 0 Å². The second kappa shape index (κ2) is 7.11. The molecule has 2 aromatic rings. The summed E-state index contributed by atoms with van der Waals surface area (Å²) >= 11 is 0. The van der Waals surface area contributed by atoms with Gasteiger partial charge in [-0.15, -0.1) is 0 Å². The number of halogens is 1. The molecule has 0 N–H and O–H groups in total. The highest BCUT2D eigenvalue weighted by Crippen LogP contribution is 2.39. The largest absolute Gasteiger partial charge is 0.490 e. The number of nitrogens with zero attached hydrogens (tertiary/aromatic N) is 1. The Morgan fingerprint density at radius 1 is 1.16 bits per heavy atom. The number of fused-ring (bicyclic) bond motifs is 1. The Morgan fingerprint density at radius 3 is 2.48 bits per heavy atom. The van der Waals surface area contributed by atoms with E-state index in [9.17, 15) is 9.18 Å². The lowest BCUT2D eigenvalue weighted by molar-refractivity contribution is 0.0873. The highest BCUT2D eigenvalue weighted by Gasteiger charge is 2.30. The van der Waals surface area contributed by atoms with Crippen molar-refractivity contribution in [2.24, 2.45) is 11.3 Å². The molecule has 25 heavy (non-hydrogen) atoms. The number of ether oxygens (including phenoxy) is 1. The molecular weight excluding hydrogens is 317 g/mol. The van der Waals surface area contributed by atoms with Gasteiger partial charge < -0.3 is 4.74 Å². The maximum atomic E-state index is 13.7. The molecule has 1 aromatic carbocycles. The van der Waals surface area contributed by atoms with E-state index in [0.29, 0.717) is 39.6 Å². The normalized spacial score (nSPS) is 21.3. The van der Waals surface area contributed by atoms with E-state index in [2.05, 4.69) is 25.8 Å². The Bertz CT molecular complexity index is 758. The lowest BCUT2D eigenvalue weighted by atomic mass is 9.72. The van der Waals surface area contributed by atoms with E-state index >= 15 is 0 Å². The van der Waals surface area contributed by atoms with Crippen LogP contribution in [0.25, 0.3) is 10.9 Å². The molecule has 0 saturated heterocycles. The van der Waals surface area contributed by atoms with Crippen molar-refractivity contribution in [1.82, 2.24) is 4.98 Å². The van der Waals surface area contributed by atoms with Crippen LogP contribution in [-0.2, 0) is 6.67 Å². The van der Waals surface area contributed by atoms with E-state index in [1.54, 1.807) is 24.3 Å². The summed E-state index contributed by atoms with van der Waals surface area (Å²) in [5, 5.41) is 0.717. The number of aldehydes is 1. The Balaban J connectivity index is 1.79. The van der Waals surface area contributed by atoms with Gasteiger partial charge in [0.15, 0.2) is 6.29 Å². The first-order valence-corrected chi connectivity index (χ1v) is 9.03. The van der Waals surface area contributed by atoms with Crippen molar-refractivity contribution in [2.45, 2.75) is 59.2 Å². The number of alkyl halides is 1.